The van der Waals surface area contributed by atoms with Crippen LogP contribution >= 0.6 is 0 Å². The van der Waals surface area contributed by atoms with Gasteiger partial charge in [0.2, 0.25) is 0 Å². The van der Waals surface area contributed by atoms with E-state index in [0.29, 0.717) is 0 Å². The van der Waals surface area contributed by atoms with Crippen molar-refractivity contribution in [1.82, 2.24) is 0 Å². The first-order chi connectivity index (χ1) is 6.29. The fraction of sp³-hybridized carbons (Fsp3) is 0.0769. The molecule has 0 spiro atoms. The van der Waals surface area contributed by atoms with Crippen molar-refractivity contribution in [3.05, 3.63) is 73.4 Å². The molecule has 0 aliphatic carbocycles. The minimum absolute atomic E-state index is 1.07. The lowest BCUT2D eigenvalue weighted by Gasteiger charge is -2.00. The molecule has 0 aromatic heterocycles. The third-order valence-electron chi connectivity index (χ3n) is 1.57. The van der Waals surface area contributed by atoms with E-state index in [1.54, 1.807) is 12.2 Å². The van der Waals surface area contributed by atoms with Crippen LogP contribution in [-0.2, 0) is 0 Å². The Balaban J connectivity index is 4.85. The van der Waals surface area contributed by atoms with E-state index in [1.165, 1.54) is 0 Å². The summed E-state index contributed by atoms with van der Waals surface area (Å²) in [5.41, 5.74) is 2.19. The number of hydrogen-bond acceptors (Lipinski definition) is 0. The van der Waals surface area contributed by atoms with Crippen molar-refractivity contribution >= 4 is 0 Å². The summed E-state index contributed by atoms with van der Waals surface area (Å²) in [6.07, 6.45) is 13.2. The Bertz CT molecular complexity index is 272. The van der Waals surface area contributed by atoms with Crippen molar-refractivity contribution in [3.63, 3.8) is 0 Å². The van der Waals surface area contributed by atoms with Gasteiger partial charge in [0, 0.05) is 0 Å². The molecule has 0 fully saturated rings. The Morgan fingerprint density at radius 2 is 1.69 bits per heavy atom. The molecule has 0 aliphatic heterocycles. The second-order valence-electron chi connectivity index (χ2n) is 2.40. The average Bonchev–Trinajstić information content (AvgIpc) is 2.17. The van der Waals surface area contributed by atoms with Gasteiger partial charge in [-0.05, 0) is 18.1 Å². The van der Waals surface area contributed by atoms with E-state index in [4.69, 9.17) is 0 Å². The number of rotatable bonds is 5. The van der Waals surface area contributed by atoms with Gasteiger partial charge in [0.05, 0.1) is 0 Å². The van der Waals surface area contributed by atoms with E-state index < -0.39 is 0 Å². The molecular formula is C13H16. The summed E-state index contributed by atoms with van der Waals surface area (Å²) in [5.74, 6) is 0. The highest BCUT2D eigenvalue weighted by Gasteiger charge is 1.93. The molecule has 0 bridgehead atoms. The van der Waals surface area contributed by atoms with Gasteiger partial charge in [-0.25, -0.2) is 0 Å². The SMILES string of the molecule is C=C\C=C/C(=C\C)C(/C=C)=C/C=C. The topological polar surface area (TPSA) is 0 Å². The van der Waals surface area contributed by atoms with E-state index in [1.807, 2.05) is 37.3 Å². The lowest BCUT2D eigenvalue weighted by atomic mass is 10.1. The molecular weight excluding hydrogens is 156 g/mol. The highest BCUT2D eigenvalue weighted by Crippen LogP contribution is 2.12. The maximum Gasteiger partial charge on any atom is -0.0193 e. The monoisotopic (exact) mass is 172 g/mol. The van der Waals surface area contributed by atoms with Crippen LogP contribution in [0.25, 0.3) is 0 Å². The first-order valence-electron chi connectivity index (χ1n) is 4.21. The second kappa shape index (κ2) is 7.11. The molecule has 13 heavy (non-hydrogen) atoms. The van der Waals surface area contributed by atoms with Gasteiger partial charge in [0.1, 0.15) is 0 Å². The van der Waals surface area contributed by atoms with Gasteiger partial charge in [-0.3, -0.25) is 0 Å². The number of allylic oxidation sites excluding steroid dienone is 9. The second-order valence-corrected chi connectivity index (χ2v) is 2.40. The van der Waals surface area contributed by atoms with Gasteiger partial charge in [0.15, 0.2) is 0 Å². The predicted molar refractivity (Wildman–Crippen MR) is 61.6 cm³/mol. The molecule has 0 radical (unpaired) electrons. The summed E-state index contributed by atoms with van der Waals surface area (Å²) in [4.78, 5) is 0. The molecule has 68 valence electrons. The molecule has 0 aromatic rings. The van der Waals surface area contributed by atoms with E-state index in [9.17, 15) is 0 Å². The molecule has 0 amide bonds. The average molecular weight is 172 g/mol. The molecule has 0 nitrogen and oxygen atoms in total. The van der Waals surface area contributed by atoms with Crippen molar-refractivity contribution in [2.45, 2.75) is 6.92 Å². The van der Waals surface area contributed by atoms with Crippen LogP contribution in [0, 0.1) is 0 Å². The highest BCUT2D eigenvalue weighted by molar-refractivity contribution is 5.47. The van der Waals surface area contributed by atoms with Crippen LogP contribution < -0.4 is 0 Å². The Labute approximate surface area is 81.0 Å². The van der Waals surface area contributed by atoms with Gasteiger partial charge in [-0.1, -0.05) is 62.3 Å². The Hall–Kier alpha value is -1.56. The van der Waals surface area contributed by atoms with Crippen molar-refractivity contribution < 1.29 is 0 Å². The fourth-order valence-corrected chi connectivity index (χ4v) is 0.940. The van der Waals surface area contributed by atoms with Gasteiger partial charge in [0.25, 0.3) is 0 Å². The minimum atomic E-state index is 1.07. The van der Waals surface area contributed by atoms with E-state index >= 15 is 0 Å². The summed E-state index contributed by atoms with van der Waals surface area (Å²) in [6.45, 7) is 13.0. The molecule has 0 aliphatic rings. The quantitative estimate of drug-likeness (QED) is 0.550. The minimum Gasteiger partial charge on any atom is -0.0991 e. The van der Waals surface area contributed by atoms with E-state index in [0.717, 1.165) is 11.1 Å². The third-order valence-corrected chi connectivity index (χ3v) is 1.57. The normalized spacial score (nSPS) is 13.0. The molecule has 0 saturated carbocycles. The lowest BCUT2D eigenvalue weighted by Crippen LogP contribution is -1.80. The molecule has 0 rings (SSSR count). The van der Waals surface area contributed by atoms with Crippen molar-refractivity contribution in [3.8, 4) is 0 Å². The molecule has 0 saturated heterocycles. The number of hydrogen-bond donors (Lipinski definition) is 0. The maximum absolute atomic E-state index is 3.74. The summed E-state index contributed by atoms with van der Waals surface area (Å²) < 4.78 is 0. The Morgan fingerprint density at radius 3 is 2.08 bits per heavy atom. The highest BCUT2D eigenvalue weighted by atomic mass is 14.0. The van der Waals surface area contributed by atoms with Crippen LogP contribution in [0.2, 0.25) is 0 Å². The largest absolute Gasteiger partial charge is 0.0991 e. The van der Waals surface area contributed by atoms with Crippen LogP contribution in [0.15, 0.2) is 73.4 Å². The van der Waals surface area contributed by atoms with Crippen molar-refractivity contribution in [1.29, 1.82) is 0 Å². The zero-order valence-electron chi connectivity index (χ0n) is 8.16. The Kier molecular flexibility index (Phi) is 6.26. The molecule has 0 heterocycles. The maximum atomic E-state index is 3.74. The van der Waals surface area contributed by atoms with Gasteiger partial charge in [-0.2, -0.15) is 0 Å². The molecule has 0 unspecified atom stereocenters. The van der Waals surface area contributed by atoms with Crippen molar-refractivity contribution in [2.24, 2.45) is 0 Å². The standard InChI is InChI=1S/C13H16/c1-5-9-11-13(8-4)12(7-3)10-6-2/h5-11H,1-3H2,4H3/b11-9-,12-10+,13-8+. The van der Waals surface area contributed by atoms with Gasteiger partial charge in [-0.15, -0.1) is 0 Å². The first-order valence-corrected chi connectivity index (χ1v) is 4.21. The third kappa shape index (κ3) is 4.12. The van der Waals surface area contributed by atoms with Gasteiger partial charge < -0.3 is 0 Å². The summed E-state index contributed by atoms with van der Waals surface area (Å²) in [6, 6.07) is 0. The fourth-order valence-electron chi connectivity index (χ4n) is 0.940. The zero-order chi connectivity index (χ0) is 10.1. The summed E-state index contributed by atoms with van der Waals surface area (Å²) >= 11 is 0. The summed E-state index contributed by atoms with van der Waals surface area (Å²) in [7, 11) is 0. The smallest absolute Gasteiger partial charge is 0.0193 e. The van der Waals surface area contributed by atoms with Crippen LogP contribution in [0.3, 0.4) is 0 Å². The van der Waals surface area contributed by atoms with Crippen LogP contribution in [0.5, 0.6) is 0 Å². The Morgan fingerprint density at radius 1 is 1.00 bits per heavy atom. The first kappa shape index (κ1) is 11.4. The molecule has 0 heteroatoms. The molecule has 0 atom stereocenters. The van der Waals surface area contributed by atoms with E-state index in [2.05, 4.69) is 19.7 Å². The summed E-state index contributed by atoms with van der Waals surface area (Å²) in [5, 5.41) is 0. The van der Waals surface area contributed by atoms with Gasteiger partial charge >= 0.3 is 0 Å². The molecule has 0 N–H and O–H groups in total. The van der Waals surface area contributed by atoms with E-state index in [-0.39, 0.29) is 0 Å². The lowest BCUT2D eigenvalue weighted by molar-refractivity contribution is 1.50. The van der Waals surface area contributed by atoms with Crippen LogP contribution in [-0.4, -0.2) is 0 Å². The van der Waals surface area contributed by atoms with Crippen LogP contribution in [0.1, 0.15) is 6.92 Å². The van der Waals surface area contributed by atoms with Crippen molar-refractivity contribution in [2.75, 3.05) is 0 Å². The van der Waals surface area contributed by atoms with Crippen LogP contribution in [0.4, 0.5) is 0 Å². The zero-order valence-corrected chi connectivity index (χ0v) is 8.16. The predicted octanol–water partition coefficient (Wildman–Crippen LogP) is 3.97. The molecule has 0 aromatic carbocycles.